The Morgan fingerprint density at radius 2 is 1.85 bits per heavy atom. The van der Waals surface area contributed by atoms with E-state index >= 15 is 0 Å². The zero-order valence-corrected chi connectivity index (χ0v) is 12.5. The highest BCUT2D eigenvalue weighted by Crippen LogP contribution is 2.15. The van der Waals surface area contributed by atoms with Crippen LogP contribution in [0.15, 0.2) is 48.7 Å². The maximum absolute atomic E-state index is 4.36. The molecule has 0 aliphatic rings. The molecule has 0 unspecified atom stereocenters. The van der Waals surface area contributed by atoms with Gasteiger partial charge in [-0.25, -0.2) is 0 Å². The molecule has 1 N–H and O–H groups in total. The Morgan fingerprint density at radius 3 is 2.45 bits per heavy atom. The molecule has 1 heterocycles. The largest absolute Gasteiger partial charge is 0.369 e. The Morgan fingerprint density at radius 1 is 1.10 bits per heavy atom. The first-order chi connectivity index (χ1) is 9.65. The minimum atomic E-state index is 0.515. The van der Waals surface area contributed by atoms with Crippen molar-refractivity contribution in [2.24, 2.45) is 0 Å². The molecule has 106 valence electrons. The predicted molar refractivity (Wildman–Crippen MR) is 84.8 cm³/mol. The predicted octanol–water partition coefficient (Wildman–Crippen LogP) is 3.22. The topological polar surface area (TPSA) is 28.2 Å². The smallest absolute Gasteiger partial charge is 0.0598 e. The first-order valence-electron chi connectivity index (χ1n) is 7.08. The lowest BCUT2D eigenvalue weighted by Crippen LogP contribution is -2.22. The summed E-state index contributed by atoms with van der Waals surface area (Å²) in [7, 11) is 2.09. The Balaban J connectivity index is 1.95. The van der Waals surface area contributed by atoms with Gasteiger partial charge in [0.15, 0.2) is 0 Å². The highest BCUT2D eigenvalue weighted by molar-refractivity contribution is 5.47. The number of rotatable bonds is 6. The number of anilines is 1. The van der Waals surface area contributed by atoms with Crippen molar-refractivity contribution in [2.45, 2.75) is 33.0 Å². The fourth-order valence-electron chi connectivity index (χ4n) is 2.02. The maximum atomic E-state index is 4.36. The summed E-state index contributed by atoms with van der Waals surface area (Å²) < 4.78 is 0. The van der Waals surface area contributed by atoms with Crippen molar-refractivity contribution in [3.05, 3.63) is 59.9 Å². The highest BCUT2D eigenvalue weighted by atomic mass is 15.1. The molecule has 20 heavy (non-hydrogen) atoms. The molecule has 0 bridgehead atoms. The molecular formula is C17H23N3. The second-order valence-corrected chi connectivity index (χ2v) is 5.38. The van der Waals surface area contributed by atoms with Gasteiger partial charge in [-0.3, -0.25) is 4.98 Å². The molecule has 2 aromatic rings. The van der Waals surface area contributed by atoms with Gasteiger partial charge >= 0.3 is 0 Å². The third-order valence-electron chi connectivity index (χ3n) is 3.22. The molecule has 0 saturated heterocycles. The molecule has 1 aromatic carbocycles. The third kappa shape index (κ3) is 4.35. The SMILES string of the molecule is CC(C)NCc1ccc(N(C)Cc2ccccn2)cc1. The quantitative estimate of drug-likeness (QED) is 0.872. The molecule has 0 fully saturated rings. The minimum absolute atomic E-state index is 0.515. The van der Waals surface area contributed by atoms with Gasteiger partial charge in [-0.05, 0) is 29.8 Å². The van der Waals surface area contributed by atoms with Gasteiger partial charge in [-0.15, -0.1) is 0 Å². The van der Waals surface area contributed by atoms with Crippen molar-refractivity contribution in [1.29, 1.82) is 0 Å². The molecule has 3 heteroatoms. The van der Waals surface area contributed by atoms with E-state index in [4.69, 9.17) is 0 Å². The van der Waals surface area contributed by atoms with Gasteiger partial charge in [0, 0.05) is 31.5 Å². The van der Waals surface area contributed by atoms with Crippen LogP contribution >= 0.6 is 0 Å². The van der Waals surface area contributed by atoms with E-state index in [1.807, 2.05) is 18.3 Å². The number of pyridine rings is 1. The first-order valence-corrected chi connectivity index (χ1v) is 7.08. The van der Waals surface area contributed by atoms with Crippen LogP contribution in [0.3, 0.4) is 0 Å². The molecule has 0 atom stereocenters. The van der Waals surface area contributed by atoms with E-state index in [2.05, 4.69) is 66.4 Å². The Labute approximate surface area is 121 Å². The molecule has 3 nitrogen and oxygen atoms in total. The number of hydrogen-bond acceptors (Lipinski definition) is 3. The van der Waals surface area contributed by atoms with Gasteiger partial charge < -0.3 is 10.2 Å². The van der Waals surface area contributed by atoms with Crippen molar-refractivity contribution in [1.82, 2.24) is 10.3 Å². The van der Waals surface area contributed by atoms with Crippen molar-refractivity contribution in [3.63, 3.8) is 0 Å². The summed E-state index contributed by atoms with van der Waals surface area (Å²) in [5, 5.41) is 3.43. The van der Waals surface area contributed by atoms with E-state index in [9.17, 15) is 0 Å². The van der Waals surface area contributed by atoms with Gasteiger partial charge in [-0.1, -0.05) is 32.0 Å². The van der Waals surface area contributed by atoms with Crippen molar-refractivity contribution >= 4 is 5.69 Å². The van der Waals surface area contributed by atoms with Crippen LogP contribution in [-0.2, 0) is 13.1 Å². The summed E-state index contributed by atoms with van der Waals surface area (Å²) in [4.78, 5) is 6.57. The summed E-state index contributed by atoms with van der Waals surface area (Å²) in [6, 6.07) is 15.2. The second kappa shape index (κ2) is 7.06. The molecule has 1 aromatic heterocycles. The molecule has 0 aliphatic heterocycles. The summed E-state index contributed by atoms with van der Waals surface area (Å²) >= 11 is 0. The molecule has 0 aliphatic carbocycles. The second-order valence-electron chi connectivity index (χ2n) is 5.38. The Hall–Kier alpha value is -1.87. The Kier molecular flexibility index (Phi) is 5.13. The molecule has 2 rings (SSSR count). The van der Waals surface area contributed by atoms with Gasteiger partial charge in [0.05, 0.1) is 12.2 Å². The number of hydrogen-bond donors (Lipinski definition) is 1. The number of nitrogens with zero attached hydrogens (tertiary/aromatic N) is 2. The van der Waals surface area contributed by atoms with Crippen LogP contribution < -0.4 is 10.2 Å². The molecule has 0 amide bonds. The van der Waals surface area contributed by atoms with Crippen molar-refractivity contribution in [2.75, 3.05) is 11.9 Å². The summed E-state index contributed by atoms with van der Waals surface area (Å²) in [6.07, 6.45) is 1.84. The molecular weight excluding hydrogens is 246 g/mol. The Bertz CT molecular complexity index is 506. The first kappa shape index (κ1) is 14.5. The fourth-order valence-corrected chi connectivity index (χ4v) is 2.02. The van der Waals surface area contributed by atoms with Gasteiger partial charge in [0.2, 0.25) is 0 Å². The zero-order chi connectivity index (χ0) is 14.4. The van der Waals surface area contributed by atoms with Crippen LogP contribution in [0.2, 0.25) is 0 Å². The van der Waals surface area contributed by atoms with Gasteiger partial charge in [-0.2, -0.15) is 0 Å². The molecule has 0 radical (unpaired) electrons. The molecule has 0 saturated carbocycles. The molecule has 0 spiro atoms. The highest BCUT2D eigenvalue weighted by Gasteiger charge is 2.03. The van der Waals surface area contributed by atoms with E-state index < -0.39 is 0 Å². The van der Waals surface area contributed by atoms with Gasteiger partial charge in [0.25, 0.3) is 0 Å². The normalized spacial score (nSPS) is 10.8. The number of benzene rings is 1. The van der Waals surface area contributed by atoms with Crippen LogP contribution in [0.1, 0.15) is 25.1 Å². The lowest BCUT2D eigenvalue weighted by atomic mass is 10.2. The lowest BCUT2D eigenvalue weighted by molar-refractivity contribution is 0.589. The van der Waals surface area contributed by atoms with E-state index in [1.165, 1.54) is 11.3 Å². The van der Waals surface area contributed by atoms with Crippen LogP contribution in [0, 0.1) is 0 Å². The number of aromatic nitrogens is 1. The average Bonchev–Trinajstić information content (AvgIpc) is 2.46. The average molecular weight is 269 g/mol. The van der Waals surface area contributed by atoms with Crippen molar-refractivity contribution in [3.8, 4) is 0 Å². The van der Waals surface area contributed by atoms with Gasteiger partial charge in [0.1, 0.15) is 0 Å². The third-order valence-corrected chi connectivity index (χ3v) is 3.22. The van der Waals surface area contributed by atoms with E-state index in [0.717, 1.165) is 18.8 Å². The van der Waals surface area contributed by atoms with Crippen LogP contribution in [0.25, 0.3) is 0 Å². The standard InChI is InChI=1S/C17H23N3/c1-14(2)19-12-15-7-9-17(10-8-15)20(3)13-16-6-4-5-11-18-16/h4-11,14,19H,12-13H2,1-3H3. The van der Waals surface area contributed by atoms with Crippen LogP contribution in [-0.4, -0.2) is 18.1 Å². The minimum Gasteiger partial charge on any atom is -0.369 e. The van der Waals surface area contributed by atoms with Crippen molar-refractivity contribution < 1.29 is 0 Å². The number of nitrogens with one attached hydrogen (secondary N) is 1. The monoisotopic (exact) mass is 269 g/mol. The van der Waals surface area contributed by atoms with Crippen LogP contribution in [0.5, 0.6) is 0 Å². The lowest BCUT2D eigenvalue weighted by Gasteiger charge is -2.19. The maximum Gasteiger partial charge on any atom is 0.0598 e. The van der Waals surface area contributed by atoms with E-state index in [-0.39, 0.29) is 0 Å². The van der Waals surface area contributed by atoms with E-state index in [0.29, 0.717) is 6.04 Å². The summed E-state index contributed by atoms with van der Waals surface area (Å²) in [6.45, 7) is 6.07. The zero-order valence-electron chi connectivity index (χ0n) is 12.5. The fraction of sp³-hybridized carbons (Fsp3) is 0.353. The van der Waals surface area contributed by atoms with E-state index in [1.54, 1.807) is 0 Å². The summed E-state index contributed by atoms with van der Waals surface area (Å²) in [5.41, 5.74) is 3.61. The van der Waals surface area contributed by atoms with Crippen LogP contribution in [0.4, 0.5) is 5.69 Å². The summed E-state index contributed by atoms with van der Waals surface area (Å²) in [5.74, 6) is 0.